The summed E-state index contributed by atoms with van der Waals surface area (Å²) in [6.07, 6.45) is 1.85. The second-order valence-electron chi connectivity index (χ2n) is 4.04. The Hall–Kier alpha value is -2.31. The van der Waals surface area contributed by atoms with Gasteiger partial charge >= 0.3 is 5.82 Å². The number of pyridine rings is 1. The minimum absolute atomic E-state index is 0.162. The SMILES string of the molecule is CCCCC(=O)NC(=O)c1ccc([N+](=O)[O-])nc1C. The zero-order valence-electron chi connectivity index (χ0n) is 10.8. The first-order valence-corrected chi connectivity index (χ1v) is 5.92. The highest BCUT2D eigenvalue weighted by Crippen LogP contribution is 2.12. The fourth-order valence-corrected chi connectivity index (χ4v) is 1.48. The Balaban J connectivity index is 2.77. The molecular weight excluding hydrogens is 250 g/mol. The van der Waals surface area contributed by atoms with Crippen molar-refractivity contribution in [3.05, 3.63) is 33.5 Å². The lowest BCUT2D eigenvalue weighted by Crippen LogP contribution is -2.30. The lowest BCUT2D eigenvalue weighted by molar-refractivity contribution is -0.389. The molecule has 102 valence electrons. The van der Waals surface area contributed by atoms with Crippen LogP contribution in [0.15, 0.2) is 12.1 Å². The van der Waals surface area contributed by atoms with Gasteiger partial charge < -0.3 is 10.1 Å². The van der Waals surface area contributed by atoms with E-state index in [4.69, 9.17) is 0 Å². The zero-order valence-corrected chi connectivity index (χ0v) is 10.8. The van der Waals surface area contributed by atoms with Crippen LogP contribution in [0.1, 0.15) is 42.2 Å². The maximum Gasteiger partial charge on any atom is 0.363 e. The van der Waals surface area contributed by atoms with Crippen molar-refractivity contribution in [2.45, 2.75) is 33.1 Å². The third-order valence-electron chi connectivity index (χ3n) is 2.51. The summed E-state index contributed by atoms with van der Waals surface area (Å²) < 4.78 is 0. The number of hydrogen-bond acceptors (Lipinski definition) is 5. The molecule has 0 bridgehead atoms. The van der Waals surface area contributed by atoms with Gasteiger partial charge in [-0.15, -0.1) is 0 Å². The zero-order chi connectivity index (χ0) is 14.4. The number of nitro groups is 1. The van der Waals surface area contributed by atoms with Gasteiger partial charge in [-0.25, -0.2) is 0 Å². The van der Waals surface area contributed by atoms with E-state index < -0.39 is 10.8 Å². The summed E-state index contributed by atoms with van der Waals surface area (Å²) in [7, 11) is 0. The molecule has 0 fully saturated rings. The second-order valence-corrected chi connectivity index (χ2v) is 4.04. The van der Waals surface area contributed by atoms with Crippen LogP contribution < -0.4 is 5.32 Å². The maximum absolute atomic E-state index is 11.8. The quantitative estimate of drug-likeness (QED) is 0.645. The van der Waals surface area contributed by atoms with E-state index in [9.17, 15) is 19.7 Å². The molecule has 1 N–H and O–H groups in total. The largest absolute Gasteiger partial charge is 0.363 e. The Labute approximate surface area is 110 Å². The molecule has 1 aromatic heterocycles. The van der Waals surface area contributed by atoms with E-state index in [1.807, 2.05) is 6.92 Å². The van der Waals surface area contributed by atoms with Crippen LogP contribution >= 0.6 is 0 Å². The smallest absolute Gasteiger partial charge is 0.358 e. The highest BCUT2D eigenvalue weighted by Gasteiger charge is 2.18. The number of unbranched alkanes of at least 4 members (excludes halogenated alkanes) is 1. The molecule has 0 unspecified atom stereocenters. The normalized spacial score (nSPS) is 10.0. The molecular formula is C12H15N3O4. The molecule has 1 rings (SSSR count). The summed E-state index contributed by atoms with van der Waals surface area (Å²) in [6, 6.07) is 2.43. The van der Waals surface area contributed by atoms with E-state index in [-0.39, 0.29) is 29.4 Å². The lowest BCUT2D eigenvalue weighted by atomic mass is 10.2. The Morgan fingerprint density at radius 2 is 2.11 bits per heavy atom. The number of hydrogen-bond donors (Lipinski definition) is 1. The molecule has 0 aromatic carbocycles. The van der Waals surface area contributed by atoms with Crippen molar-refractivity contribution < 1.29 is 14.5 Å². The summed E-state index contributed by atoms with van der Waals surface area (Å²) in [5.74, 6) is -1.27. The third kappa shape index (κ3) is 4.13. The molecule has 0 aliphatic heterocycles. The molecule has 7 heteroatoms. The van der Waals surface area contributed by atoms with Gasteiger partial charge in [0.2, 0.25) is 5.91 Å². The van der Waals surface area contributed by atoms with Gasteiger partial charge in [0.25, 0.3) is 5.91 Å². The van der Waals surface area contributed by atoms with E-state index in [1.165, 1.54) is 13.0 Å². The van der Waals surface area contributed by atoms with Crippen LogP contribution in [-0.4, -0.2) is 21.7 Å². The standard InChI is InChI=1S/C12H15N3O4/c1-3-4-5-11(16)14-12(17)9-6-7-10(15(18)19)13-8(9)2/h6-7H,3-5H2,1-2H3,(H,14,16,17). The number of aromatic nitrogens is 1. The molecule has 0 aliphatic carbocycles. The molecule has 1 aromatic rings. The van der Waals surface area contributed by atoms with Crippen molar-refractivity contribution in [2.75, 3.05) is 0 Å². The minimum Gasteiger partial charge on any atom is -0.358 e. The van der Waals surface area contributed by atoms with Crippen LogP contribution in [0.25, 0.3) is 0 Å². The van der Waals surface area contributed by atoms with Gasteiger partial charge in [0, 0.05) is 19.4 Å². The van der Waals surface area contributed by atoms with E-state index >= 15 is 0 Å². The number of carbonyl (C=O) groups is 2. The molecule has 2 amide bonds. The predicted octanol–water partition coefficient (Wildman–Crippen LogP) is 1.74. The van der Waals surface area contributed by atoms with Crippen LogP contribution in [0, 0.1) is 17.0 Å². The van der Waals surface area contributed by atoms with Gasteiger partial charge in [0.1, 0.15) is 0 Å². The van der Waals surface area contributed by atoms with Crippen molar-refractivity contribution in [3.63, 3.8) is 0 Å². The summed E-state index contributed by atoms with van der Waals surface area (Å²) in [5, 5.41) is 12.8. The minimum atomic E-state index is -0.638. The van der Waals surface area contributed by atoms with Gasteiger partial charge in [0.15, 0.2) is 5.69 Å². The fraction of sp³-hybridized carbons (Fsp3) is 0.417. The number of imide groups is 1. The van der Waals surface area contributed by atoms with Gasteiger partial charge in [0.05, 0.1) is 5.56 Å². The second kappa shape index (κ2) is 6.58. The van der Waals surface area contributed by atoms with E-state index in [2.05, 4.69) is 10.3 Å². The number of aryl methyl sites for hydroxylation is 1. The third-order valence-corrected chi connectivity index (χ3v) is 2.51. The van der Waals surface area contributed by atoms with Crippen LogP contribution in [0.4, 0.5) is 5.82 Å². The van der Waals surface area contributed by atoms with Gasteiger partial charge in [-0.1, -0.05) is 13.3 Å². The van der Waals surface area contributed by atoms with Gasteiger partial charge in [-0.05, 0) is 22.4 Å². The van der Waals surface area contributed by atoms with Crippen molar-refractivity contribution in [2.24, 2.45) is 0 Å². The van der Waals surface area contributed by atoms with Crippen molar-refractivity contribution in [1.29, 1.82) is 0 Å². The summed E-state index contributed by atoms with van der Waals surface area (Å²) in [4.78, 5) is 36.8. The first-order chi connectivity index (χ1) is 8.95. The number of nitrogens with one attached hydrogen (secondary N) is 1. The number of rotatable bonds is 5. The first-order valence-electron chi connectivity index (χ1n) is 5.92. The van der Waals surface area contributed by atoms with Crippen molar-refractivity contribution in [1.82, 2.24) is 10.3 Å². The van der Waals surface area contributed by atoms with Crippen LogP contribution in [0.5, 0.6) is 0 Å². The Kier molecular flexibility index (Phi) is 5.11. The van der Waals surface area contributed by atoms with Crippen molar-refractivity contribution in [3.8, 4) is 0 Å². The molecule has 0 atom stereocenters. The average molecular weight is 265 g/mol. The molecule has 0 aliphatic rings. The fourth-order valence-electron chi connectivity index (χ4n) is 1.48. The average Bonchev–Trinajstić information content (AvgIpc) is 2.35. The highest BCUT2D eigenvalue weighted by atomic mass is 16.6. The Morgan fingerprint density at radius 1 is 1.42 bits per heavy atom. The Bertz CT molecular complexity index is 514. The molecule has 1 heterocycles. The molecule has 0 saturated carbocycles. The lowest BCUT2D eigenvalue weighted by Gasteiger charge is -2.04. The van der Waals surface area contributed by atoms with E-state index in [0.717, 1.165) is 12.5 Å². The highest BCUT2D eigenvalue weighted by molar-refractivity contribution is 6.05. The summed E-state index contributed by atoms with van der Waals surface area (Å²) in [6.45, 7) is 3.43. The van der Waals surface area contributed by atoms with Crippen molar-refractivity contribution >= 4 is 17.6 Å². The number of carbonyl (C=O) groups excluding carboxylic acids is 2. The number of amides is 2. The first kappa shape index (κ1) is 14.7. The molecule has 19 heavy (non-hydrogen) atoms. The van der Waals surface area contributed by atoms with Crippen LogP contribution in [0.3, 0.4) is 0 Å². The topological polar surface area (TPSA) is 102 Å². The summed E-state index contributed by atoms with van der Waals surface area (Å²) >= 11 is 0. The van der Waals surface area contributed by atoms with Crippen LogP contribution in [0.2, 0.25) is 0 Å². The molecule has 0 spiro atoms. The molecule has 0 saturated heterocycles. The predicted molar refractivity (Wildman–Crippen MR) is 67.6 cm³/mol. The monoisotopic (exact) mass is 265 g/mol. The Morgan fingerprint density at radius 3 is 2.63 bits per heavy atom. The van der Waals surface area contributed by atoms with E-state index in [1.54, 1.807) is 0 Å². The molecule has 0 radical (unpaired) electrons. The summed E-state index contributed by atoms with van der Waals surface area (Å²) in [5.41, 5.74) is 0.380. The van der Waals surface area contributed by atoms with E-state index in [0.29, 0.717) is 6.42 Å². The van der Waals surface area contributed by atoms with Gasteiger partial charge in [-0.3, -0.25) is 14.9 Å². The maximum atomic E-state index is 11.8. The number of nitrogens with zero attached hydrogens (tertiary/aromatic N) is 2. The van der Waals surface area contributed by atoms with Crippen LogP contribution in [-0.2, 0) is 4.79 Å². The van der Waals surface area contributed by atoms with Gasteiger partial charge in [-0.2, -0.15) is 0 Å². The molecule has 7 nitrogen and oxygen atoms in total.